The van der Waals surface area contributed by atoms with Crippen molar-refractivity contribution in [2.24, 2.45) is 0 Å². The van der Waals surface area contributed by atoms with E-state index in [-0.39, 0.29) is 37.2 Å². The van der Waals surface area contributed by atoms with Crippen molar-refractivity contribution in [1.29, 1.82) is 0 Å². The van der Waals surface area contributed by atoms with Gasteiger partial charge in [-0.25, -0.2) is 4.79 Å². The number of rotatable bonds is 5. The van der Waals surface area contributed by atoms with Gasteiger partial charge in [0.25, 0.3) is 0 Å². The minimum absolute atomic E-state index is 0.00752. The molecule has 2 saturated heterocycles. The van der Waals surface area contributed by atoms with Gasteiger partial charge in [-0.15, -0.1) is 0 Å². The van der Waals surface area contributed by atoms with Gasteiger partial charge in [0.1, 0.15) is 0 Å². The zero-order chi connectivity index (χ0) is 19.8. The van der Waals surface area contributed by atoms with Crippen LogP contribution in [0, 0.1) is 0 Å². The molecule has 0 saturated carbocycles. The fraction of sp³-hybridized carbons (Fsp3) is 0.632. The Hall–Kier alpha value is -1.80. The minimum atomic E-state index is -4.25. The van der Waals surface area contributed by atoms with Crippen LogP contribution in [-0.4, -0.2) is 71.0 Å². The van der Waals surface area contributed by atoms with E-state index in [9.17, 15) is 23.1 Å². The summed E-state index contributed by atoms with van der Waals surface area (Å²) in [5.74, 6) is -0.0972. The van der Waals surface area contributed by atoms with Crippen LogP contribution in [0.4, 0.5) is 18.0 Å². The molecule has 1 spiro atoms. The number of aliphatic hydroxyl groups excluding tert-OH is 1. The molecule has 5 nitrogen and oxygen atoms in total. The highest BCUT2D eigenvalue weighted by atomic mass is 19.4. The van der Waals surface area contributed by atoms with Gasteiger partial charge < -0.3 is 15.3 Å². The molecule has 0 radical (unpaired) electrons. The topological polar surface area (TPSA) is 55.8 Å². The molecular formula is C19H26F3N3O2. The summed E-state index contributed by atoms with van der Waals surface area (Å²) in [5, 5.41) is 12.7. The second kappa shape index (κ2) is 7.31. The summed E-state index contributed by atoms with van der Waals surface area (Å²) in [4.78, 5) is 15.6. The quantitative estimate of drug-likeness (QED) is 0.819. The Kier molecular flexibility index (Phi) is 5.40. The summed E-state index contributed by atoms with van der Waals surface area (Å²) in [7, 11) is 0. The maximum absolute atomic E-state index is 12.8. The van der Waals surface area contributed by atoms with Crippen LogP contribution in [-0.2, 0) is 0 Å². The first kappa shape index (κ1) is 19.9. The van der Waals surface area contributed by atoms with E-state index >= 15 is 0 Å². The van der Waals surface area contributed by atoms with Crippen molar-refractivity contribution in [3.05, 3.63) is 35.9 Å². The third kappa shape index (κ3) is 3.78. The predicted octanol–water partition coefficient (Wildman–Crippen LogP) is 2.57. The zero-order valence-corrected chi connectivity index (χ0v) is 15.5. The molecule has 2 fully saturated rings. The molecule has 2 N–H and O–H groups in total. The third-order valence-corrected chi connectivity index (χ3v) is 5.55. The fourth-order valence-electron chi connectivity index (χ4n) is 4.47. The molecule has 2 aliphatic heterocycles. The fourth-order valence-corrected chi connectivity index (χ4v) is 4.47. The molecule has 8 heteroatoms. The van der Waals surface area contributed by atoms with Crippen LogP contribution in [0.2, 0.25) is 0 Å². The van der Waals surface area contributed by atoms with E-state index in [1.54, 1.807) is 9.80 Å². The van der Waals surface area contributed by atoms with Crippen LogP contribution in [0.3, 0.4) is 0 Å². The summed E-state index contributed by atoms with van der Waals surface area (Å²) in [6.45, 7) is 4.07. The lowest BCUT2D eigenvalue weighted by Crippen LogP contribution is -2.85. The monoisotopic (exact) mass is 385 g/mol. The molecule has 150 valence electrons. The van der Waals surface area contributed by atoms with Crippen LogP contribution < -0.4 is 5.32 Å². The number of alkyl halides is 3. The van der Waals surface area contributed by atoms with Crippen molar-refractivity contribution in [2.75, 3.05) is 26.2 Å². The third-order valence-electron chi connectivity index (χ3n) is 5.55. The molecule has 0 aromatic heterocycles. The van der Waals surface area contributed by atoms with Gasteiger partial charge in [0, 0.05) is 37.6 Å². The Morgan fingerprint density at radius 2 is 1.93 bits per heavy atom. The highest BCUT2D eigenvalue weighted by Crippen LogP contribution is 2.54. The van der Waals surface area contributed by atoms with E-state index in [0.717, 1.165) is 5.56 Å². The van der Waals surface area contributed by atoms with E-state index in [4.69, 9.17) is 0 Å². The molecular weight excluding hydrogens is 359 g/mol. The average Bonchev–Trinajstić information content (AvgIpc) is 2.52. The minimum Gasteiger partial charge on any atom is -0.395 e. The lowest BCUT2D eigenvalue weighted by Gasteiger charge is -2.70. The van der Waals surface area contributed by atoms with Crippen LogP contribution in [0.15, 0.2) is 30.3 Å². The molecule has 2 heterocycles. The molecule has 2 atom stereocenters. The summed E-state index contributed by atoms with van der Waals surface area (Å²) >= 11 is 0. The molecule has 0 aliphatic carbocycles. The Balaban J connectivity index is 1.80. The normalized spacial score (nSPS) is 24.6. The first-order valence-electron chi connectivity index (χ1n) is 9.23. The van der Waals surface area contributed by atoms with E-state index in [0.29, 0.717) is 13.1 Å². The number of hydrogen-bond donors (Lipinski definition) is 2. The predicted molar refractivity (Wildman–Crippen MR) is 95.4 cm³/mol. The number of amides is 2. The Bertz CT molecular complexity index is 660. The van der Waals surface area contributed by atoms with Gasteiger partial charge in [0.15, 0.2) is 0 Å². The van der Waals surface area contributed by atoms with Crippen molar-refractivity contribution >= 4 is 6.03 Å². The number of benzene rings is 1. The Morgan fingerprint density at radius 1 is 1.30 bits per heavy atom. The van der Waals surface area contributed by atoms with Crippen LogP contribution in [0.5, 0.6) is 0 Å². The molecule has 3 rings (SSSR count). The number of halogens is 3. The summed E-state index contributed by atoms with van der Waals surface area (Å²) in [6, 6.07) is 8.95. The molecule has 1 aromatic rings. The number of nitrogens with one attached hydrogen (secondary N) is 1. The number of hydrogen-bond acceptors (Lipinski definition) is 3. The number of nitrogens with zero attached hydrogens (tertiary/aromatic N) is 2. The van der Waals surface area contributed by atoms with Crippen molar-refractivity contribution in [1.82, 2.24) is 15.1 Å². The van der Waals surface area contributed by atoms with Crippen molar-refractivity contribution in [3.63, 3.8) is 0 Å². The van der Waals surface area contributed by atoms with Gasteiger partial charge >= 0.3 is 12.2 Å². The van der Waals surface area contributed by atoms with Gasteiger partial charge in [0.2, 0.25) is 0 Å². The van der Waals surface area contributed by atoms with Crippen molar-refractivity contribution in [2.45, 2.75) is 50.0 Å². The van der Waals surface area contributed by atoms with Gasteiger partial charge in [-0.3, -0.25) is 4.90 Å². The average molecular weight is 385 g/mol. The van der Waals surface area contributed by atoms with Gasteiger partial charge in [-0.2, -0.15) is 13.2 Å². The molecule has 2 aliphatic rings. The van der Waals surface area contributed by atoms with E-state index in [1.165, 1.54) is 0 Å². The van der Waals surface area contributed by atoms with E-state index < -0.39 is 18.1 Å². The first-order chi connectivity index (χ1) is 12.7. The lowest BCUT2D eigenvalue weighted by atomic mass is 9.60. The highest BCUT2D eigenvalue weighted by molar-refractivity contribution is 5.76. The smallest absolute Gasteiger partial charge is 0.390 e. The molecule has 0 bridgehead atoms. The van der Waals surface area contributed by atoms with Crippen molar-refractivity contribution < 1.29 is 23.1 Å². The molecule has 1 aromatic carbocycles. The van der Waals surface area contributed by atoms with Crippen molar-refractivity contribution in [3.8, 4) is 0 Å². The SMILES string of the molecule is CC(C)NC(=O)N1CC2(C1)[C@@H](c1ccccc1)[C@@H](CO)N2CCC(F)(F)F. The Labute approximate surface area is 157 Å². The van der Waals surface area contributed by atoms with Gasteiger partial charge in [0.05, 0.1) is 18.6 Å². The largest absolute Gasteiger partial charge is 0.395 e. The van der Waals surface area contributed by atoms with Crippen LogP contribution >= 0.6 is 0 Å². The van der Waals surface area contributed by atoms with Gasteiger partial charge in [-0.05, 0) is 19.4 Å². The molecule has 0 unspecified atom stereocenters. The lowest BCUT2D eigenvalue weighted by molar-refractivity contribution is -0.199. The number of carbonyl (C=O) groups is 1. The summed E-state index contributed by atoms with van der Waals surface area (Å²) < 4.78 is 38.4. The maximum Gasteiger partial charge on any atom is 0.390 e. The number of likely N-dealkylation sites (tertiary alicyclic amines) is 2. The van der Waals surface area contributed by atoms with E-state index in [1.807, 2.05) is 44.2 Å². The summed E-state index contributed by atoms with van der Waals surface area (Å²) in [5.41, 5.74) is 0.442. The molecule has 27 heavy (non-hydrogen) atoms. The van der Waals surface area contributed by atoms with E-state index in [2.05, 4.69) is 5.32 Å². The number of carbonyl (C=O) groups excluding carboxylic acids is 1. The van der Waals surface area contributed by atoms with Crippen LogP contribution in [0.25, 0.3) is 0 Å². The number of urea groups is 1. The maximum atomic E-state index is 12.8. The molecule has 2 amide bonds. The first-order valence-corrected chi connectivity index (χ1v) is 9.23. The second-order valence-electron chi connectivity index (χ2n) is 7.76. The van der Waals surface area contributed by atoms with Crippen LogP contribution in [0.1, 0.15) is 31.7 Å². The van der Waals surface area contributed by atoms with Gasteiger partial charge in [-0.1, -0.05) is 30.3 Å². The zero-order valence-electron chi connectivity index (χ0n) is 15.5. The Morgan fingerprint density at radius 3 is 2.44 bits per heavy atom. The summed E-state index contributed by atoms with van der Waals surface area (Å²) in [6.07, 6.45) is -5.18. The number of aliphatic hydroxyl groups is 1. The standard InChI is InChI=1S/C19H26F3N3O2/c1-13(2)23-17(27)24-11-18(12-24)16(14-6-4-3-5-7-14)15(10-26)25(18)9-8-19(20,21)22/h3-7,13,15-16,26H,8-12H2,1-2H3,(H,23,27)/t15-,16+/m1/s1. The highest BCUT2D eigenvalue weighted by Gasteiger charge is 2.66. The second-order valence-corrected chi connectivity index (χ2v) is 7.76.